The van der Waals surface area contributed by atoms with Crippen molar-refractivity contribution in [3.05, 3.63) is 95.9 Å². The van der Waals surface area contributed by atoms with Crippen molar-refractivity contribution in [3.8, 4) is 5.75 Å². The summed E-state index contributed by atoms with van der Waals surface area (Å²) in [5.74, 6) is -0.817. The summed E-state index contributed by atoms with van der Waals surface area (Å²) >= 11 is 0. The molecule has 2 amide bonds. The Morgan fingerprint density at radius 1 is 0.735 bits per heavy atom. The highest BCUT2D eigenvalue weighted by Crippen LogP contribution is 2.38. The number of methoxy groups -OCH3 is 1. The van der Waals surface area contributed by atoms with Crippen molar-refractivity contribution in [1.82, 2.24) is 4.90 Å². The quantitative estimate of drug-likeness (QED) is 0.544. The number of piperazine rings is 1. The van der Waals surface area contributed by atoms with Crippen LogP contribution in [0.3, 0.4) is 0 Å². The average molecular weight is 458 g/mol. The fourth-order valence-corrected chi connectivity index (χ4v) is 4.55. The molecule has 7 heteroatoms. The molecule has 3 aromatic rings. The Hall–Kier alpha value is -4.13. The van der Waals surface area contributed by atoms with Gasteiger partial charge < -0.3 is 14.5 Å². The van der Waals surface area contributed by atoms with Gasteiger partial charge in [-0.15, -0.1) is 0 Å². The maximum Gasteiger partial charge on any atom is 0.282 e. The number of nitrogens with zero attached hydrogens (tertiary/aromatic N) is 3. The van der Waals surface area contributed by atoms with Gasteiger partial charge in [0.05, 0.1) is 18.4 Å². The van der Waals surface area contributed by atoms with Crippen molar-refractivity contribution in [2.24, 2.45) is 0 Å². The molecule has 0 saturated carbocycles. The van der Waals surface area contributed by atoms with Crippen LogP contribution in [0, 0.1) is 5.82 Å². The van der Waals surface area contributed by atoms with Gasteiger partial charge in [-0.1, -0.05) is 42.5 Å². The largest absolute Gasteiger partial charge is 0.495 e. The second-order valence-corrected chi connectivity index (χ2v) is 8.16. The van der Waals surface area contributed by atoms with E-state index in [0.717, 1.165) is 10.6 Å². The Bertz CT molecular complexity index is 1250. The highest BCUT2D eigenvalue weighted by Gasteiger charge is 2.44. The Kier molecular flexibility index (Phi) is 5.76. The zero-order chi connectivity index (χ0) is 23.7. The molecule has 0 atom stereocenters. The summed E-state index contributed by atoms with van der Waals surface area (Å²) in [5.41, 5.74) is 2.65. The van der Waals surface area contributed by atoms with Crippen LogP contribution in [0.2, 0.25) is 0 Å². The molecule has 0 unspecified atom stereocenters. The minimum absolute atomic E-state index is 0.282. The highest BCUT2D eigenvalue weighted by atomic mass is 19.1. The van der Waals surface area contributed by atoms with E-state index in [2.05, 4.69) is 17.0 Å². The first-order chi connectivity index (χ1) is 16.6. The summed E-state index contributed by atoms with van der Waals surface area (Å²) in [6, 6.07) is 22.7. The van der Waals surface area contributed by atoms with E-state index in [9.17, 15) is 14.0 Å². The van der Waals surface area contributed by atoms with E-state index in [-0.39, 0.29) is 5.57 Å². The Morgan fingerprint density at radius 3 is 2.03 bits per heavy atom. The van der Waals surface area contributed by atoms with Gasteiger partial charge in [-0.2, -0.15) is 0 Å². The molecule has 0 spiro atoms. The lowest BCUT2D eigenvalue weighted by atomic mass is 10.0. The normalized spacial score (nSPS) is 16.5. The smallest absolute Gasteiger partial charge is 0.282 e. The van der Waals surface area contributed by atoms with E-state index in [0.29, 0.717) is 48.9 Å². The summed E-state index contributed by atoms with van der Waals surface area (Å²) in [7, 11) is 1.50. The van der Waals surface area contributed by atoms with E-state index >= 15 is 0 Å². The Labute approximate surface area is 197 Å². The van der Waals surface area contributed by atoms with Gasteiger partial charge in [0.2, 0.25) is 0 Å². The van der Waals surface area contributed by atoms with E-state index in [1.54, 1.807) is 36.4 Å². The monoisotopic (exact) mass is 457 g/mol. The molecule has 3 aromatic carbocycles. The van der Waals surface area contributed by atoms with Crippen LogP contribution in [0.4, 0.5) is 15.8 Å². The first-order valence-electron chi connectivity index (χ1n) is 11.2. The molecule has 34 heavy (non-hydrogen) atoms. The zero-order valence-electron chi connectivity index (χ0n) is 18.8. The second-order valence-electron chi connectivity index (χ2n) is 8.16. The number of imide groups is 1. The number of para-hydroxylation sites is 3. The molecule has 172 valence electrons. The van der Waals surface area contributed by atoms with E-state index in [1.807, 2.05) is 23.1 Å². The first kappa shape index (κ1) is 21.7. The van der Waals surface area contributed by atoms with E-state index in [1.165, 1.54) is 19.2 Å². The van der Waals surface area contributed by atoms with Crippen LogP contribution in [0.15, 0.2) is 84.6 Å². The van der Waals surface area contributed by atoms with Crippen LogP contribution in [0.25, 0.3) is 5.57 Å². The Morgan fingerprint density at radius 2 is 1.35 bits per heavy atom. The van der Waals surface area contributed by atoms with Gasteiger partial charge in [0.1, 0.15) is 17.3 Å². The number of amides is 2. The van der Waals surface area contributed by atoms with Crippen LogP contribution in [-0.4, -0.2) is 50.0 Å². The molecule has 1 saturated heterocycles. The SMILES string of the molecule is COc1ccccc1N1C(=O)C(c2ccc(F)cc2)=C(N2CCN(c3ccccc3)CC2)C1=O. The molecule has 2 aliphatic heterocycles. The van der Waals surface area contributed by atoms with Gasteiger partial charge in [-0.25, -0.2) is 9.29 Å². The third kappa shape index (κ3) is 3.79. The number of anilines is 2. The highest BCUT2D eigenvalue weighted by molar-refractivity contribution is 6.45. The zero-order valence-corrected chi connectivity index (χ0v) is 18.8. The number of hydrogen-bond donors (Lipinski definition) is 0. The standard InChI is InChI=1S/C27H24FN3O3/c1-34-23-10-6-5-9-22(23)31-26(32)24(19-11-13-20(28)14-12-19)25(27(31)33)30-17-15-29(16-18-30)21-7-3-2-4-8-21/h2-14H,15-18H2,1H3. The first-order valence-corrected chi connectivity index (χ1v) is 11.2. The molecule has 1 fully saturated rings. The molecule has 0 aliphatic carbocycles. The molecular formula is C27H24FN3O3. The molecule has 0 aromatic heterocycles. The lowest BCUT2D eigenvalue weighted by Gasteiger charge is -2.37. The Balaban J connectivity index is 1.52. The average Bonchev–Trinajstić information content (AvgIpc) is 3.14. The van der Waals surface area contributed by atoms with Gasteiger partial charge in [0.25, 0.3) is 11.8 Å². The maximum absolute atomic E-state index is 13.7. The van der Waals surface area contributed by atoms with Crippen molar-refractivity contribution < 1.29 is 18.7 Å². The van der Waals surface area contributed by atoms with Crippen LogP contribution >= 0.6 is 0 Å². The van der Waals surface area contributed by atoms with Crippen molar-refractivity contribution in [3.63, 3.8) is 0 Å². The fourth-order valence-electron chi connectivity index (χ4n) is 4.55. The topological polar surface area (TPSA) is 53.1 Å². The van der Waals surface area contributed by atoms with Crippen LogP contribution < -0.4 is 14.5 Å². The molecule has 2 heterocycles. The molecule has 0 bridgehead atoms. The number of rotatable bonds is 5. The van der Waals surface area contributed by atoms with Crippen LogP contribution in [0.5, 0.6) is 5.75 Å². The number of carbonyl (C=O) groups excluding carboxylic acids is 2. The van der Waals surface area contributed by atoms with Crippen molar-refractivity contribution in [1.29, 1.82) is 0 Å². The molecule has 2 aliphatic rings. The summed E-state index contributed by atoms with van der Waals surface area (Å²) in [5, 5.41) is 0. The lowest BCUT2D eigenvalue weighted by molar-refractivity contribution is -0.120. The van der Waals surface area contributed by atoms with Crippen LogP contribution in [-0.2, 0) is 9.59 Å². The van der Waals surface area contributed by atoms with E-state index in [4.69, 9.17) is 4.74 Å². The number of ether oxygens (including phenoxy) is 1. The number of hydrogen-bond acceptors (Lipinski definition) is 5. The number of halogens is 1. The third-order valence-corrected chi connectivity index (χ3v) is 6.24. The van der Waals surface area contributed by atoms with Gasteiger partial charge >= 0.3 is 0 Å². The number of benzene rings is 3. The third-order valence-electron chi connectivity index (χ3n) is 6.24. The lowest BCUT2D eigenvalue weighted by Crippen LogP contribution is -2.47. The van der Waals surface area contributed by atoms with Gasteiger partial charge in [0.15, 0.2) is 0 Å². The van der Waals surface area contributed by atoms with Gasteiger partial charge in [0, 0.05) is 31.9 Å². The molecule has 0 N–H and O–H groups in total. The maximum atomic E-state index is 13.7. The molecular weight excluding hydrogens is 433 g/mol. The minimum atomic E-state index is -0.443. The fraction of sp³-hybridized carbons (Fsp3) is 0.185. The summed E-state index contributed by atoms with van der Waals surface area (Å²) in [6.07, 6.45) is 0. The molecule has 0 radical (unpaired) electrons. The molecule has 6 nitrogen and oxygen atoms in total. The minimum Gasteiger partial charge on any atom is -0.495 e. The molecule has 5 rings (SSSR count). The number of carbonyl (C=O) groups is 2. The summed E-state index contributed by atoms with van der Waals surface area (Å²) in [4.78, 5) is 32.8. The van der Waals surface area contributed by atoms with Crippen molar-refractivity contribution in [2.75, 3.05) is 43.1 Å². The second kappa shape index (κ2) is 9.02. The summed E-state index contributed by atoms with van der Waals surface area (Å²) < 4.78 is 19.1. The van der Waals surface area contributed by atoms with Gasteiger partial charge in [-0.3, -0.25) is 9.59 Å². The predicted octanol–water partition coefficient (Wildman–Crippen LogP) is 3.94. The predicted molar refractivity (Wildman–Crippen MR) is 129 cm³/mol. The van der Waals surface area contributed by atoms with Crippen molar-refractivity contribution in [2.45, 2.75) is 0 Å². The van der Waals surface area contributed by atoms with E-state index < -0.39 is 17.6 Å². The van der Waals surface area contributed by atoms with Gasteiger partial charge in [-0.05, 0) is 42.0 Å². The van der Waals surface area contributed by atoms with Crippen LogP contribution in [0.1, 0.15) is 5.56 Å². The van der Waals surface area contributed by atoms with Crippen molar-refractivity contribution >= 4 is 28.8 Å². The summed E-state index contributed by atoms with van der Waals surface area (Å²) in [6.45, 7) is 2.57.